The number of unbranched alkanes of at least 4 members (excludes halogenated alkanes) is 6. The Bertz CT molecular complexity index is 139. The van der Waals surface area contributed by atoms with Crippen molar-refractivity contribution in [3.8, 4) is 0 Å². The van der Waals surface area contributed by atoms with E-state index in [0.29, 0.717) is 17.1 Å². The molecule has 0 radical (unpaired) electrons. The van der Waals surface area contributed by atoms with Crippen molar-refractivity contribution in [2.24, 2.45) is 0 Å². The molecule has 0 aromatic heterocycles. The van der Waals surface area contributed by atoms with E-state index in [1.807, 2.05) is 0 Å². The molecule has 1 aliphatic rings. The Morgan fingerprint density at radius 1 is 1.07 bits per heavy atom. The van der Waals surface area contributed by atoms with Crippen LogP contribution in [0.15, 0.2) is 0 Å². The summed E-state index contributed by atoms with van der Waals surface area (Å²) >= 11 is 0. The van der Waals surface area contributed by atoms with Gasteiger partial charge in [-0.15, -0.1) is 0 Å². The summed E-state index contributed by atoms with van der Waals surface area (Å²) in [4.78, 5) is 0. The van der Waals surface area contributed by atoms with E-state index in [2.05, 4.69) is 6.92 Å². The van der Waals surface area contributed by atoms with Gasteiger partial charge in [-0.05, 0) is 0 Å². The van der Waals surface area contributed by atoms with E-state index in [1.165, 1.54) is 44.8 Å². The zero-order valence-electron chi connectivity index (χ0n) is 10.5. The van der Waals surface area contributed by atoms with Crippen molar-refractivity contribution in [1.29, 1.82) is 0 Å². The summed E-state index contributed by atoms with van der Waals surface area (Å²) in [7, 11) is 1.11. The van der Waals surface area contributed by atoms with E-state index in [0.717, 1.165) is 0 Å². The summed E-state index contributed by atoms with van der Waals surface area (Å²) in [6.45, 7) is 2.30. The van der Waals surface area contributed by atoms with E-state index in [-0.39, 0.29) is 17.6 Å². The van der Waals surface area contributed by atoms with Gasteiger partial charge in [-0.1, -0.05) is 57.9 Å². The molecule has 1 nitrogen and oxygen atoms in total. The predicted octanol–water partition coefficient (Wildman–Crippen LogP) is 0.282. The summed E-state index contributed by atoms with van der Waals surface area (Å²) in [6.07, 6.45) is 11.7. The summed E-state index contributed by atoms with van der Waals surface area (Å²) in [5, 5.41) is 0. The fourth-order valence-electron chi connectivity index (χ4n) is 2.43. The van der Waals surface area contributed by atoms with Gasteiger partial charge in [0.25, 0.3) is 0 Å². The van der Waals surface area contributed by atoms with Gasteiger partial charge in [-0.25, -0.2) is 0 Å². The zero-order valence-corrected chi connectivity index (χ0v) is 15.9. The highest BCUT2D eigenvalue weighted by Gasteiger charge is 2.15. The van der Waals surface area contributed by atoms with Gasteiger partial charge in [0, 0.05) is 23.3 Å². The highest BCUT2D eigenvalue weighted by molar-refractivity contribution is 7.48. The fraction of sp³-hybridized carbons (Fsp3) is 1.00. The third-order valence-corrected chi connectivity index (χ3v) is 39.9. The van der Waals surface area contributed by atoms with Crippen LogP contribution < -0.4 is 0 Å². The van der Waals surface area contributed by atoms with E-state index in [1.54, 1.807) is 12.5 Å². The fourth-order valence-corrected chi connectivity index (χ4v) is 47.7. The molecule has 1 rings (SSSR count). The van der Waals surface area contributed by atoms with Crippen molar-refractivity contribution in [3.05, 3.63) is 0 Å². The van der Waals surface area contributed by atoms with Crippen LogP contribution >= 0.6 is 0 Å². The van der Waals surface area contributed by atoms with Gasteiger partial charge in [0.2, 0.25) is 0 Å². The second-order valence-corrected chi connectivity index (χ2v) is 29.8. The lowest BCUT2D eigenvalue weighted by Crippen LogP contribution is -2.41. The Hall–Kier alpha value is 0.828. The molecule has 0 amide bonds. The van der Waals surface area contributed by atoms with Crippen LogP contribution in [0.5, 0.6) is 0 Å². The molecule has 5 heteroatoms. The number of rotatable bonds is 8. The van der Waals surface area contributed by atoms with E-state index in [4.69, 9.17) is 4.43 Å². The summed E-state index contributed by atoms with van der Waals surface area (Å²) in [5.74, 6) is 0. The van der Waals surface area contributed by atoms with Crippen LogP contribution in [0.2, 0.25) is 6.04 Å². The Kier molecular flexibility index (Phi) is 9.27. The van der Waals surface area contributed by atoms with Crippen LogP contribution in [-0.4, -0.2) is 40.9 Å². The van der Waals surface area contributed by atoms with Gasteiger partial charge >= 0.3 is 0 Å². The number of hydrogen-bond acceptors (Lipinski definition) is 1. The maximum Gasteiger partial charge on any atom is 0.139 e. The SMILES string of the molecule is CCCCCCCCC[SiH]1CO[SiH2][SiH2][SiH2]1. The highest BCUT2D eigenvalue weighted by Crippen LogP contribution is 2.10. The van der Waals surface area contributed by atoms with Gasteiger partial charge in [-0.2, -0.15) is 0 Å². The maximum absolute atomic E-state index is 5.79. The molecule has 0 aromatic rings. The van der Waals surface area contributed by atoms with Gasteiger partial charge in [0.15, 0.2) is 0 Å². The van der Waals surface area contributed by atoms with E-state index >= 15 is 0 Å². The zero-order chi connectivity index (χ0) is 10.8. The van der Waals surface area contributed by atoms with Gasteiger partial charge < -0.3 is 4.43 Å². The summed E-state index contributed by atoms with van der Waals surface area (Å²) in [6, 6.07) is 1.67. The Labute approximate surface area is 103 Å². The number of hydrogen-bond donors (Lipinski definition) is 0. The lowest BCUT2D eigenvalue weighted by Gasteiger charge is -2.19. The lowest BCUT2D eigenvalue weighted by molar-refractivity contribution is 0.416. The molecule has 1 heterocycles. The predicted molar refractivity (Wildman–Crippen MR) is 81.5 cm³/mol. The maximum atomic E-state index is 5.79. The molecule has 1 saturated heterocycles. The first kappa shape index (κ1) is 13.9. The third kappa shape index (κ3) is 7.68. The van der Waals surface area contributed by atoms with Gasteiger partial charge in [-0.3, -0.25) is 0 Å². The molecule has 1 atom stereocenters. The first-order valence-electron chi connectivity index (χ1n) is 7.01. The molecule has 90 valence electrons. The van der Waals surface area contributed by atoms with Crippen molar-refractivity contribution >= 4 is 34.7 Å². The molecule has 1 fully saturated rings. The second-order valence-electron chi connectivity index (χ2n) is 4.99. The third-order valence-electron chi connectivity index (χ3n) is 3.47. The van der Waals surface area contributed by atoms with Crippen molar-refractivity contribution in [2.45, 2.75) is 57.9 Å². The van der Waals surface area contributed by atoms with Crippen LogP contribution in [0.4, 0.5) is 0 Å². The molecular formula is C10H28OSi4. The molecular weight excluding hydrogens is 248 g/mol. The van der Waals surface area contributed by atoms with Crippen molar-refractivity contribution in [2.75, 3.05) is 6.23 Å². The van der Waals surface area contributed by atoms with Crippen LogP contribution in [0.1, 0.15) is 51.9 Å². The molecule has 1 aliphatic heterocycles. The van der Waals surface area contributed by atoms with E-state index in [9.17, 15) is 0 Å². The minimum absolute atomic E-state index is 0.169. The second kappa shape index (κ2) is 10.0. The molecule has 0 bridgehead atoms. The molecule has 0 saturated carbocycles. The monoisotopic (exact) mass is 276 g/mol. The molecule has 0 spiro atoms. The molecule has 15 heavy (non-hydrogen) atoms. The van der Waals surface area contributed by atoms with Crippen molar-refractivity contribution in [1.82, 2.24) is 0 Å². The minimum atomic E-state index is -0.178. The summed E-state index contributed by atoms with van der Waals surface area (Å²) < 4.78 is 5.79. The quantitative estimate of drug-likeness (QED) is 0.457. The average molecular weight is 277 g/mol. The molecule has 0 aliphatic carbocycles. The molecule has 0 aromatic carbocycles. The van der Waals surface area contributed by atoms with E-state index < -0.39 is 0 Å². The smallest absolute Gasteiger partial charge is 0.139 e. The Balaban J connectivity index is 1.79. The van der Waals surface area contributed by atoms with Crippen LogP contribution in [0, 0.1) is 0 Å². The Morgan fingerprint density at radius 2 is 1.80 bits per heavy atom. The van der Waals surface area contributed by atoms with Crippen molar-refractivity contribution in [3.63, 3.8) is 0 Å². The molecule has 1 unspecified atom stereocenters. The lowest BCUT2D eigenvalue weighted by atomic mass is 10.1. The molecule has 0 N–H and O–H groups in total. The van der Waals surface area contributed by atoms with Crippen LogP contribution in [-0.2, 0) is 4.43 Å². The topological polar surface area (TPSA) is 9.23 Å². The van der Waals surface area contributed by atoms with Crippen molar-refractivity contribution < 1.29 is 4.43 Å². The highest BCUT2D eigenvalue weighted by atomic mass is 29.7. The summed E-state index contributed by atoms with van der Waals surface area (Å²) in [5.41, 5.74) is 0. The van der Waals surface area contributed by atoms with Crippen LogP contribution in [0.3, 0.4) is 0 Å². The first-order valence-corrected chi connectivity index (χ1v) is 20.5. The Morgan fingerprint density at radius 3 is 2.47 bits per heavy atom. The first-order chi connectivity index (χ1) is 7.43. The van der Waals surface area contributed by atoms with Crippen LogP contribution in [0.25, 0.3) is 0 Å². The normalized spacial score (nSPS) is 26.6. The largest absolute Gasteiger partial charge is 0.432 e. The van der Waals surface area contributed by atoms with Gasteiger partial charge in [0.1, 0.15) is 9.28 Å². The minimum Gasteiger partial charge on any atom is -0.432 e. The van der Waals surface area contributed by atoms with Gasteiger partial charge in [0.05, 0.1) is 8.31 Å². The standard InChI is InChI=1S/C10H28OSi4/c1-2-3-4-5-6-7-8-9-15-10-11-12-13-14-15/h15H,2-10,12-14H2,1H3. The average Bonchev–Trinajstić information content (AvgIpc) is 2.29.